The number of aromatic nitrogens is 4. The Morgan fingerprint density at radius 2 is 2.09 bits per heavy atom. The van der Waals surface area contributed by atoms with Gasteiger partial charge in [0.15, 0.2) is 0 Å². The van der Waals surface area contributed by atoms with E-state index < -0.39 is 17.9 Å². The number of halogens is 3. The van der Waals surface area contributed by atoms with E-state index in [1.54, 1.807) is 31.6 Å². The Hall–Kier alpha value is -3.00. The van der Waals surface area contributed by atoms with Gasteiger partial charge in [-0.15, -0.1) is 0 Å². The number of amides is 1. The van der Waals surface area contributed by atoms with Crippen LogP contribution in [-0.2, 0) is 10.3 Å². The molecule has 1 aliphatic carbocycles. The van der Waals surface area contributed by atoms with Crippen LogP contribution in [0.4, 0.5) is 20.4 Å². The van der Waals surface area contributed by atoms with Crippen molar-refractivity contribution in [3.05, 3.63) is 23.1 Å². The highest BCUT2D eigenvalue weighted by Gasteiger charge is 2.26. The Bertz CT molecular complexity index is 1030. The van der Waals surface area contributed by atoms with E-state index >= 15 is 0 Å². The smallest absolute Gasteiger partial charge is 0.315 e. The Kier molecular flexibility index (Phi) is 7.68. The summed E-state index contributed by atoms with van der Waals surface area (Å²) < 4.78 is 32.2. The van der Waals surface area contributed by atoms with Gasteiger partial charge in [-0.1, -0.05) is 11.6 Å². The minimum atomic E-state index is -3.00. The normalized spacial score (nSPS) is 18.6. The van der Waals surface area contributed by atoms with Crippen molar-refractivity contribution in [3.8, 4) is 11.9 Å². The zero-order chi connectivity index (χ0) is 24.2. The monoisotopic (exact) mass is 481 g/mol. The quantitative estimate of drug-likeness (QED) is 0.586. The summed E-state index contributed by atoms with van der Waals surface area (Å²) in [7, 11) is 0. The van der Waals surface area contributed by atoms with E-state index in [9.17, 15) is 18.8 Å². The van der Waals surface area contributed by atoms with Gasteiger partial charge in [-0.05, 0) is 52.4 Å². The molecule has 1 saturated carbocycles. The zero-order valence-corrected chi connectivity index (χ0v) is 19.4. The summed E-state index contributed by atoms with van der Waals surface area (Å²) in [6.07, 6.45) is 2.83. The van der Waals surface area contributed by atoms with E-state index in [-0.39, 0.29) is 28.8 Å². The van der Waals surface area contributed by atoms with Gasteiger partial charge in [0, 0.05) is 6.04 Å². The van der Waals surface area contributed by atoms with Crippen LogP contribution in [0.1, 0.15) is 45.2 Å². The highest BCUT2D eigenvalue weighted by Crippen LogP contribution is 2.29. The molecular formula is C21H26ClF2N7O2. The predicted molar refractivity (Wildman–Crippen MR) is 118 cm³/mol. The summed E-state index contributed by atoms with van der Waals surface area (Å²) in [5, 5.41) is 19.4. The van der Waals surface area contributed by atoms with Crippen molar-refractivity contribution in [3.63, 3.8) is 0 Å². The molecule has 0 atom stereocenters. The van der Waals surface area contributed by atoms with Gasteiger partial charge in [-0.3, -0.25) is 9.48 Å². The number of carbonyl (C=O) groups is 1. The van der Waals surface area contributed by atoms with Gasteiger partial charge < -0.3 is 15.4 Å². The number of hydrogen-bond acceptors (Lipinski definition) is 7. The van der Waals surface area contributed by atoms with Crippen LogP contribution >= 0.6 is 11.6 Å². The summed E-state index contributed by atoms with van der Waals surface area (Å²) in [6, 6.07) is 1.95. The van der Waals surface area contributed by atoms with E-state index in [0.29, 0.717) is 30.8 Å². The minimum Gasteiger partial charge on any atom is -0.476 e. The highest BCUT2D eigenvalue weighted by atomic mass is 35.5. The van der Waals surface area contributed by atoms with Crippen molar-refractivity contribution < 1.29 is 18.3 Å². The molecule has 0 aromatic carbocycles. The molecule has 2 aromatic heterocycles. The van der Waals surface area contributed by atoms with E-state index in [4.69, 9.17) is 16.3 Å². The van der Waals surface area contributed by atoms with Crippen LogP contribution in [0.15, 0.2) is 12.4 Å². The molecular weight excluding hydrogens is 456 g/mol. The zero-order valence-electron chi connectivity index (χ0n) is 18.6. The van der Waals surface area contributed by atoms with Gasteiger partial charge in [0.1, 0.15) is 10.6 Å². The number of nitrogens with one attached hydrogen (secondary N) is 2. The van der Waals surface area contributed by atoms with Crippen LogP contribution in [0, 0.1) is 24.2 Å². The molecule has 2 N–H and O–H groups in total. The Labute approximate surface area is 195 Å². The average molecular weight is 482 g/mol. The van der Waals surface area contributed by atoms with Crippen LogP contribution in [0.3, 0.4) is 0 Å². The molecule has 0 radical (unpaired) electrons. The second kappa shape index (κ2) is 10.3. The lowest BCUT2D eigenvalue weighted by Gasteiger charge is -2.28. The number of aryl methyl sites for hydroxylation is 1. The maximum absolute atomic E-state index is 12.4. The molecule has 1 aliphatic rings. The SMILES string of the molecule is Cc1nn(C(C)(C)C#N)cc1Nc1ncc(Cl)c(OCC2CCC(NC(=O)C(F)F)CC2)n1. The Balaban J connectivity index is 1.57. The van der Waals surface area contributed by atoms with Crippen molar-refractivity contribution in [2.45, 2.75) is 64.5 Å². The molecule has 0 saturated heterocycles. The molecule has 3 rings (SSSR count). The first-order valence-corrected chi connectivity index (χ1v) is 11.0. The molecule has 1 amide bonds. The first kappa shape index (κ1) is 24.6. The summed E-state index contributed by atoms with van der Waals surface area (Å²) in [5.41, 5.74) is 0.520. The summed E-state index contributed by atoms with van der Waals surface area (Å²) in [6.45, 7) is 5.68. The lowest BCUT2D eigenvalue weighted by atomic mass is 9.86. The molecule has 0 bridgehead atoms. The second-order valence-corrected chi connectivity index (χ2v) is 8.96. The van der Waals surface area contributed by atoms with Gasteiger partial charge in [0.2, 0.25) is 11.8 Å². The van der Waals surface area contributed by atoms with Crippen molar-refractivity contribution >= 4 is 29.1 Å². The van der Waals surface area contributed by atoms with Gasteiger partial charge >= 0.3 is 6.43 Å². The van der Waals surface area contributed by atoms with E-state index in [1.807, 2.05) is 0 Å². The third-order valence-corrected chi connectivity index (χ3v) is 5.81. The third-order valence-electron chi connectivity index (χ3n) is 5.55. The second-order valence-electron chi connectivity index (χ2n) is 8.55. The number of rotatable bonds is 8. The first-order valence-electron chi connectivity index (χ1n) is 10.6. The third kappa shape index (κ3) is 6.28. The maximum Gasteiger partial charge on any atom is 0.315 e. The molecule has 178 valence electrons. The van der Waals surface area contributed by atoms with Crippen LogP contribution < -0.4 is 15.4 Å². The number of alkyl halides is 2. The molecule has 0 spiro atoms. The molecule has 0 unspecified atom stereocenters. The van der Waals surface area contributed by atoms with Crippen molar-refractivity contribution in [2.75, 3.05) is 11.9 Å². The van der Waals surface area contributed by atoms with E-state index in [2.05, 4.69) is 31.8 Å². The number of carbonyl (C=O) groups excluding carboxylic acids is 1. The standard InChI is InChI=1S/C21H26ClF2N7O2/c1-12-16(9-31(30-12)21(2,3)11-25)28-20-26-8-15(22)19(29-20)33-10-13-4-6-14(7-5-13)27-18(32)17(23)24/h8-9,13-14,17H,4-7,10H2,1-3H3,(H,27,32)(H,26,28,29). The molecule has 12 heteroatoms. The molecule has 1 fully saturated rings. The van der Waals surface area contributed by atoms with Gasteiger partial charge in [-0.2, -0.15) is 24.1 Å². The number of ether oxygens (including phenoxy) is 1. The fourth-order valence-electron chi connectivity index (χ4n) is 3.49. The van der Waals surface area contributed by atoms with E-state index in [1.165, 1.54) is 6.20 Å². The molecule has 9 nitrogen and oxygen atoms in total. The number of nitriles is 1. The Morgan fingerprint density at radius 1 is 1.39 bits per heavy atom. The molecule has 2 heterocycles. The largest absolute Gasteiger partial charge is 0.476 e. The average Bonchev–Trinajstić information content (AvgIpc) is 3.16. The molecule has 33 heavy (non-hydrogen) atoms. The van der Waals surface area contributed by atoms with E-state index in [0.717, 1.165) is 12.8 Å². The van der Waals surface area contributed by atoms with Crippen molar-refractivity contribution in [2.24, 2.45) is 5.92 Å². The summed E-state index contributed by atoms with van der Waals surface area (Å²) >= 11 is 6.19. The Morgan fingerprint density at radius 3 is 2.73 bits per heavy atom. The van der Waals surface area contributed by atoms with Gasteiger partial charge in [0.05, 0.1) is 36.5 Å². The predicted octanol–water partition coefficient (Wildman–Crippen LogP) is 3.96. The van der Waals surface area contributed by atoms with Gasteiger partial charge in [0.25, 0.3) is 5.91 Å². The topological polar surface area (TPSA) is 118 Å². The molecule has 2 aromatic rings. The fraction of sp³-hybridized carbons (Fsp3) is 0.571. The number of nitrogens with zero attached hydrogens (tertiary/aromatic N) is 5. The highest BCUT2D eigenvalue weighted by molar-refractivity contribution is 6.31. The number of anilines is 2. The van der Waals surface area contributed by atoms with Crippen LogP contribution in [-0.4, -0.2) is 44.7 Å². The maximum atomic E-state index is 12.4. The summed E-state index contributed by atoms with van der Waals surface area (Å²) in [5.74, 6) is -0.532. The summed E-state index contributed by atoms with van der Waals surface area (Å²) in [4.78, 5) is 19.7. The first-order chi connectivity index (χ1) is 15.6. The number of hydrogen-bond donors (Lipinski definition) is 2. The minimum absolute atomic E-state index is 0.195. The van der Waals surface area contributed by atoms with Crippen LogP contribution in [0.25, 0.3) is 0 Å². The van der Waals surface area contributed by atoms with Crippen molar-refractivity contribution in [1.29, 1.82) is 5.26 Å². The van der Waals surface area contributed by atoms with Gasteiger partial charge in [-0.25, -0.2) is 4.98 Å². The molecule has 0 aliphatic heterocycles. The van der Waals surface area contributed by atoms with Crippen LogP contribution in [0.5, 0.6) is 5.88 Å². The fourth-order valence-corrected chi connectivity index (χ4v) is 3.63. The van der Waals surface area contributed by atoms with Crippen molar-refractivity contribution in [1.82, 2.24) is 25.1 Å². The lowest BCUT2D eigenvalue weighted by Crippen LogP contribution is -2.41. The lowest BCUT2D eigenvalue weighted by molar-refractivity contribution is -0.132. The van der Waals surface area contributed by atoms with Crippen LogP contribution in [0.2, 0.25) is 5.02 Å².